The van der Waals surface area contributed by atoms with E-state index in [9.17, 15) is 4.79 Å². The molecule has 4 heteroatoms. The van der Waals surface area contributed by atoms with Gasteiger partial charge in [-0.05, 0) is 31.4 Å². The molecule has 1 aromatic rings. The lowest BCUT2D eigenvalue weighted by atomic mass is 9.99. The van der Waals surface area contributed by atoms with E-state index in [4.69, 9.17) is 16.3 Å². The molecule has 0 saturated carbocycles. The molecule has 2 atom stereocenters. The molecule has 19 heavy (non-hydrogen) atoms. The summed E-state index contributed by atoms with van der Waals surface area (Å²) in [6, 6.07) is 9.73. The van der Waals surface area contributed by atoms with Crippen molar-refractivity contribution >= 4 is 17.5 Å². The van der Waals surface area contributed by atoms with Crippen molar-refractivity contribution in [3.8, 4) is 5.75 Å². The Morgan fingerprint density at radius 1 is 1.42 bits per heavy atom. The number of rotatable bonds is 4. The number of amides is 1. The zero-order valence-electron chi connectivity index (χ0n) is 11.2. The summed E-state index contributed by atoms with van der Waals surface area (Å²) in [7, 11) is 0. The third kappa shape index (κ3) is 3.87. The van der Waals surface area contributed by atoms with Gasteiger partial charge in [-0.3, -0.25) is 4.79 Å². The predicted octanol–water partition coefficient (Wildman–Crippen LogP) is 3.07. The molecule has 1 amide bonds. The van der Waals surface area contributed by atoms with E-state index in [0.717, 1.165) is 31.6 Å². The highest BCUT2D eigenvalue weighted by Gasteiger charge is 2.30. The van der Waals surface area contributed by atoms with Crippen molar-refractivity contribution in [2.75, 3.05) is 13.2 Å². The van der Waals surface area contributed by atoms with E-state index in [1.54, 1.807) is 6.92 Å². The van der Waals surface area contributed by atoms with Crippen LogP contribution in [-0.2, 0) is 4.79 Å². The molecular weight excluding hydrogens is 262 g/mol. The van der Waals surface area contributed by atoms with Gasteiger partial charge >= 0.3 is 0 Å². The van der Waals surface area contributed by atoms with Gasteiger partial charge in [0.15, 0.2) is 0 Å². The summed E-state index contributed by atoms with van der Waals surface area (Å²) in [6.45, 7) is 2.86. The van der Waals surface area contributed by atoms with Crippen molar-refractivity contribution in [3.63, 3.8) is 0 Å². The van der Waals surface area contributed by atoms with Gasteiger partial charge in [-0.25, -0.2) is 0 Å². The van der Waals surface area contributed by atoms with Crippen molar-refractivity contribution < 1.29 is 9.53 Å². The topological polar surface area (TPSA) is 29.5 Å². The van der Waals surface area contributed by atoms with Crippen molar-refractivity contribution in [1.29, 1.82) is 0 Å². The molecule has 0 unspecified atom stereocenters. The van der Waals surface area contributed by atoms with Crippen LogP contribution in [0.2, 0.25) is 0 Å². The highest BCUT2D eigenvalue weighted by atomic mass is 35.5. The van der Waals surface area contributed by atoms with Gasteiger partial charge in [-0.2, -0.15) is 0 Å². The lowest BCUT2D eigenvalue weighted by Gasteiger charge is -2.37. The number of para-hydroxylation sites is 1. The summed E-state index contributed by atoms with van der Waals surface area (Å²) >= 11 is 6.43. The number of carbonyl (C=O) groups excluding carboxylic acids is 1. The van der Waals surface area contributed by atoms with E-state index in [-0.39, 0.29) is 17.3 Å². The number of benzene rings is 1. The molecule has 0 N–H and O–H groups in total. The van der Waals surface area contributed by atoms with Gasteiger partial charge in [0.1, 0.15) is 12.4 Å². The normalized spacial score (nSPS) is 20.9. The quantitative estimate of drug-likeness (QED) is 0.794. The zero-order valence-corrected chi connectivity index (χ0v) is 12.0. The molecule has 1 fully saturated rings. The third-order valence-corrected chi connectivity index (χ3v) is 3.94. The van der Waals surface area contributed by atoms with Crippen molar-refractivity contribution in [2.24, 2.45) is 0 Å². The first-order valence-corrected chi connectivity index (χ1v) is 7.21. The monoisotopic (exact) mass is 281 g/mol. The van der Waals surface area contributed by atoms with Gasteiger partial charge in [0.05, 0.1) is 11.4 Å². The second-order valence-corrected chi connectivity index (χ2v) is 5.48. The third-order valence-electron chi connectivity index (χ3n) is 3.52. The maximum Gasteiger partial charge on any atom is 0.219 e. The number of hydrogen-bond acceptors (Lipinski definition) is 2. The molecule has 1 aliphatic rings. The van der Waals surface area contributed by atoms with Crippen LogP contribution in [0.15, 0.2) is 30.3 Å². The average molecular weight is 282 g/mol. The zero-order chi connectivity index (χ0) is 13.7. The summed E-state index contributed by atoms with van der Waals surface area (Å²) in [6.07, 6.45) is 3.16. The Labute approximate surface area is 119 Å². The smallest absolute Gasteiger partial charge is 0.219 e. The van der Waals surface area contributed by atoms with Gasteiger partial charge in [0.25, 0.3) is 0 Å². The van der Waals surface area contributed by atoms with Gasteiger partial charge in [0, 0.05) is 13.5 Å². The number of carbonyl (C=O) groups is 1. The highest BCUT2D eigenvalue weighted by Crippen LogP contribution is 2.23. The second-order valence-electron chi connectivity index (χ2n) is 4.92. The molecule has 1 aromatic carbocycles. The van der Waals surface area contributed by atoms with Gasteiger partial charge in [-0.15, -0.1) is 11.6 Å². The molecular formula is C15H20ClNO2. The molecule has 0 aliphatic carbocycles. The second kappa shape index (κ2) is 6.80. The summed E-state index contributed by atoms with van der Waals surface area (Å²) in [4.78, 5) is 13.5. The number of ether oxygens (including phenoxy) is 1. The fraction of sp³-hybridized carbons (Fsp3) is 0.533. The first-order valence-electron chi connectivity index (χ1n) is 6.77. The first kappa shape index (κ1) is 14.2. The standard InChI is InChI=1S/C15H20ClNO2/c1-12(18)17-10-6-5-9-15(17)14(16)11-19-13-7-3-2-4-8-13/h2-4,7-8,14-15H,5-6,9-11H2,1H3/t14-,15+/m1/s1. The van der Waals surface area contributed by atoms with Crippen LogP contribution in [0, 0.1) is 0 Å². The number of hydrogen-bond donors (Lipinski definition) is 0. The molecule has 1 heterocycles. The number of halogens is 1. The molecule has 0 spiro atoms. The first-order chi connectivity index (χ1) is 9.18. The maximum atomic E-state index is 11.6. The summed E-state index contributed by atoms with van der Waals surface area (Å²) in [5, 5.41) is -0.163. The lowest BCUT2D eigenvalue weighted by molar-refractivity contribution is -0.132. The molecule has 0 bridgehead atoms. The van der Waals surface area contributed by atoms with E-state index in [1.807, 2.05) is 35.2 Å². The summed E-state index contributed by atoms with van der Waals surface area (Å²) in [5.74, 6) is 0.924. The largest absolute Gasteiger partial charge is 0.492 e. The SMILES string of the molecule is CC(=O)N1CCCC[C@H]1[C@H](Cl)COc1ccccc1. The number of piperidine rings is 1. The fourth-order valence-corrected chi connectivity index (χ4v) is 2.85. The van der Waals surface area contributed by atoms with Crippen LogP contribution in [-0.4, -0.2) is 35.4 Å². The lowest BCUT2D eigenvalue weighted by Crippen LogP contribution is -2.48. The van der Waals surface area contributed by atoms with Crippen LogP contribution in [0.3, 0.4) is 0 Å². The molecule has 0 radical (unpaired) electrons. The summed E-state index contributed by atoms with van der Waals surface area (Å²) < 4.78 is 5.68. The van der Waals surface area contributed by atoms with Crippen molar-refractivity contribution in [1.82, 2.24) is 4.90 Å². The van der Waals surface area contributed by atoms with Crippen LogP contribution in [0.1, 0.15) is 26.2 Å². The van der Waals surface area contributed by atoms with E-state index in [2.05, 4.69) is 0 Å². The molecule has 1 saturated heterocycles. The van der Waals surface area contributed by atoms with Crippen LogP contribution < -0.4 is 4.74 Å². The minimum Gasteiger partial charge on any atom is -0.492 e. The van der Waals surface area contributed by atoms with Gasteiger partial charge < -0.3 is 9.64 Å². The van der Waals surface area contributed by atoms with E-state index < -0.39 is 0 Å². The number of nitrogens with zero attached hydrogens (tertiary/aromatic N) is 1. The molecule has 2 rings (SSSR count). The Morgan fingerprint density at radius 3 is 2.84 bits per heavy atom. The molecule has 3 nitrogen and oxygen atoms in total. The average Bonchev–Trinajstić information content (AvgIpc) is 2.46. The number of alkyl halides is 1. The van der Waals surface area contributed by atoms with Crippen LogP contribution >= 0.6 is 11.6 Å². The number of likely N-dealkylation sites (tertiary alicyclic amines) is 1. The van der Waals surface area contributed by atoms with Crippen LogP contribution in [0.25, 0.3) is 0 Å². The van der Waals surface area contributed by atoms with E-state index >= 15 is 0 Å². The predicted molar refractivity (Wildman–Crippen MR) is 76.6 cm³/mol. The van der Waals surface area contributed by atoms with Gasteiger partial charge in [-0.1, -0.05) is 18.2 Å². The molecule has 0 aromatic heterocycles. The maximum absolute atomic E-state index is 11.6. The Balaban J connectivity index is 1.90. The Hall–Kier alpha value is -1.22. The minimum absolute atomic E-state index is 0.0941. The Morgan fingerprint density at radius 2 is 2.16 bits per heavy atom. The minimum atomic E-state index is -0.163. The van der Waals surface area contributed by atoms with Crippen LogP contribution in [0.5, 0.6) is 5.75 Å². The van der Waals surface area contributed by atoms with Crippen molar-refractivity contribution in [3.05, 3.63) is 30.3 Å². The van der Waals surface area contributed by atoms with E-state index in [0.29, 0.717) is 6.61 Å². The highest BCUT2D eigenvalue weighted by molar-refractivity contribution is 6.21. The Kier molecular flexibility index (Phi) is 5.08. The molecule has 104 valence electrons. The summed E-state index contributed by atoms with van der Waals surface area (Å²) in [5.41, 5.74) is 0. The van der Waals surface area contributed by atoms with E-state index in [1.165, 1.54) is 0 Å². The molecule has 1 aliphatic heterocycles. The van der Waals surface area contributed by atoms with Gasteiger partial charge in [0.2, 0.25) is 5.91 Å². The fourth-order valence-electron chi connectivity index (χ4n) is 2.53. The van der Waals surface area contributed by atoms with Crippen molar-refractivity contribution in [2.45, 2.75) is 37.6 Å². The van der Waals surface area contributed by atoms with Crippen LogP contribution in [0.4, 0.5) is 0 Å². The Bertz CT molecular complexity index is 410.